The van der Waals surface area contributed by atoms with Crippen LogP contribution in [0.5, 0.6) is 0 Å². The van der Waals surface area contributed by atoms with E-state index in [0.29, 0.717) is 10.9 Å². The number of amides is 2. The molecule has 1 aliphatic heterocycles. The minimum atomic E-state index is -0.0622. The van der Waals surface area contributed by atoms with E-state index < -0.39 is 0 Å². The molecule has 4 nitrogen and oxygen atoms in total. The first-order valence-corrected chi connectivity index (χ1v) is 7.20. The lowest BCUT2D eigenvalue weighted by Gasteiger charge is -2.34. The number of carbonyl (C=O) groups is 1. The van der Waals surface area contributed by atoms with Gasteiger partial charge in [0, 0.05) is 49.3 Å². The maximum absolute atomic E-state index is 12.1. The van der Waals surface area contributed by atoms with E-state index in [9.17, 15) is 4.79 Å². The predicted octanol–water partition coefficient (Wildman–Crippen LogP) is 3.15. The summed E-state index contributed by atoms with van der Waals surface area (Å²) in [7, 11) is 0. The molecule has 0 radical (unpaired) electrons. The second-order valence-electron chi connectivity index (χ2n) is 4.45. The van der Waals surface area contributed by atoms with Crippen molar-refractivity contribution < 1.29 is 4.79 Å². The number of alkyl halides is 1. The summed E-state index contributed by atoms with van der Waals surface area (Å²) in [5.41, 5.74) is 0.762. The van der Waals surface area contributed by atoms with Crippen LogP contribution in [0.25, 0.3) is 0 Å². The van der Waals surface area contributed by atoms with E-state index in [1.54, 1.807) is 24.3 Å². The van der Waals surface area contributed by atoms with Crippen LogP contribution in [-0.2, 0) is 0 Å². The number of halogens is 3. The van der Waals surface area contributed by atoms with Gasteiger partial charge in [0.1, 0.15) is 0 Å². The first-order valence-electron chi connectivity index (χ1n) is 6.29. The third-order valence-electron chi connectivity index (χ3n) is 3.16. The van der Waals surface area contributed by atoms with Gasteiger partial charge >= 0.3 is 6.03 Å². The molecule has 1 aromatic carbocycles. The van der Waals surface area contributed by atoms with Crippen molar-refractivity contribution in [2.24, 2.45) is 0 Å². The molecular weight excluding hydrogens is 321 g/mol. The summed E-state index contributed by atoms with van der Waals surface area (Å²) in [5.74, 6) is 0.636. The Hall–Kier alpha value is -0.680. The van der Waals surface area contributed by atoms with E-state index in [1.807, 2.05) is 4.90 Å². The first kappa shape index (κ1) is 17.4. The minimum Gasteiger partial charge on any atom is -0.322 e. The molecule has 112 valence electrons. The molecule has 1 N–H and O–H groups in total. The van der Waals surface area contributed by atoms with Crippen molar-refractivity contribution in [3.05, 3.63) is 29.3 Å². The summed E-state index contributed by atoms with van der Waals surface area (Å²) >= 11 is 11.5. The zero-order chi connectivity index (χ0) is 13.7. The van der Waals surface area contributed by atoms with Gasteiger partial charge in [-0.15, -0.1) is 24.0 Å². The maximum Gasteiger partial charge on any atom is 0.321 e. The van der Waals surface area contributed by atoms with Gasteiger partial charge in [-0.1, -0.05) is 11.6 Å². The molecule has 2 rings (SSSR count). The molecule has 1 aliphatic rings. The Morgan fingerprint density at radius 3 is 2.30 bits per heavy atom. The number of hydrogen-bond acceptors (Lipinski definition) is 2. The number of rotatable bonds is 3. The third kappa shape index (κ3) is 5.02. The fourth-order valence-corrected chi connectivity index (χ4v) is 2.39. The summed E-state index contributed by atoms with van der Waals surface area (Å²) < 4.78 is 0. The maximum atomic E-state index is 12.1. The first-order chi connectivity index (χ1) is 9.19. The average molecular weight is 339 g/mol. The Labute approximate surface area is 135 Å². The SMILES string of the molecule is Cl.O=C(Nc1ccc(Cl)cc1)N1CCN(CCCl)CC1. The molecule has 0 aromatic heterocycles. The molecule has 2 amide bonds. The van der Waals surface area contributed by atoms with Crippen LogP contribution in [0.4, 0.5) is 10.5 Å². The summed E-state index contributed by atoms with van der Waals surface area (Å²) in [4.78, 5) is 16.1. The van der Waals surface area contributed by atoms with Crippen LogP contribution in [0.1, 0.15) is 0 Å². The summed E-state index contributed by atoms with van der Waals surface area (Å²) in [6, 6.07) is 7.05. The highest BCUT2D eigenvalue weighted by Gasteiger charge is 2.20. The third-order valence-corrected chi connectivity index (χ3v) is 3.58. The average Bonchev–Trinajstić information content (AvgIpc) is 2.42. The number of piperazine rings is 1. The van der Waals surface area contributed by atoms with Crippen molar-refractivity contribution >= 4 is 47.3 Å². The topological polar surface area (TPSA) is 35.6 Å². The van der Waals surface area contributed by atoms with Crippen molar-refractivity contribution in [3.8, 4) is 0 Å². The highest BCUT2D eigenvalue weighted by Crippen LogP contribution is 2.14. The number of urea groups is 1. The Bertz CT molecular complexity index is 419. The van der Waals surface area contributed by atoms with Crippen molar-refractivity contribution in [3.63, 3.8) is 0 Å². The summed E-state index contributed by atoms with van der Waals surface area (Å²) in [6.07, 6.45) is 0. The van der Waals surface area contributed by atoms with Gasteiger partial charge in [-0.05, 0) is 24.3 Å². The van der Waals surface area contributed by atoms with Gasteiger partial charge in [-0.25, -0.2) is 4.79 Å². The summed E-state index contributed by atoms with van der Waals surface area (Å²) in [6.45, 7) is 4.10. The van der Waals surface area contributed by atoms with Gasteiger partial charge in [0.25, 0.3) is 0 Å². The molecule has 0 spiro atoms. The Balaban J connectivity index is 0.00000200. The Morgan fingerprint density at radius 2 is 1.75 bits per heavy atom. The van der Waals surface area contributed by atoms with Crippen molar-refractivity contribution in [2.75, 3.05) is 43.9 Å². The summed E-state index contributed by atoms with van der Waals surface area (Å²) in [5, 5.41) is 3.53. The van der Waals surface area contributed by atoms with Crippen molar-refractivity contribution in [1.82, 2.24) is 9.80 Å². The van der Waals surface area contributed by atoms with Crippen LogP contribution in [0.2, 0.25) is 5.02 Å². The highest BCUT2D eigenvalue weighted by atomic mass is 35.5. The lowest BCUT2D eigenvalue weighted by molar-refractivity contribution is 0.152. The predicted molar refractivity (Wildman–Crippen MR) is 86.5 cm³/mol. The molecule has 0 saturated carbocycles. The number of anilines is 1. The quantitative estimate of drug-likeness (QED) is 0.859. The molecule has 0 unspecified atom stereocenters. The standard InChI is InChI=1S/C13H17Cl2N3O.ClH/c14-5-6-17-7-9-18(10-8-17)13(19)16-12-3-1-11(15)2-4-12;/h1-4H,5-10H2,(H,16,19);1H. The zero-order valence-corrected chi connectivity index (χ0v) is 13.3. The molecule has 1 heterocycles. The fraction of sp³-hybridized carbons (Fsp3) is 0.462. The lowest BCUT2D eigenvalue weighted by atomic mass is 10.3. The van der Waals surface area contributed by atoms with E-state index in [0.717, 1.165) is 38.4 Å². The molecule has 1 saturated heterocycles. The van der Waals surface area contributed by atoms with E-state index in [4.69, 9.17) is 23.2 Å². The van der Waals surface area contributed by atoms with Crippen LogP contribution < -0.4 is 5.32 Å². The van der Waals surface area contributed by atoms with Gasteiger partial charge < -0.3 is 10.2 Å². The van der Waals surface area contributed by atoms with Gasteiger partial charge in [0.15, 0.2) is 0 Å². The van der Waals surface area contributed by atoms with E-state index in [-0.39, 0.29) is 18.4 Å². The number of benzene rings is 1. The number of carbonyl (C=O) groups excluding carboxylic acids is 1. The van der Waals surface area contributed by atoms with Crippen LogP contribution in [0, 0.1) is 0 Å². The number of hydrogen-bond donors (Lipinski definition) is 1. The van der Waals surface area contributed by atoms with Crippen LogP contribution >= 0.6 is 35.6 Å². The molecule has 0 atom stereocenters. The number of nitrogens with one attached hydrogen (secondary N) is 1. The largest absolute Gasteiger partial charge is 0.322 e. The second-order valence-corrected chi connectivity index (χ2v) is 5.27. The molecule has 0 bridgehead atoms. The van der Waals surface area contributed by atoms with Gasteiger partial charge in [-0.3, -0.25) is 4.90 Å². The highest BCUT2D eigenvalue weighted by molar-refractivity contribution is 6.30. The molecule has 1 aromatic rings. The van der Waals surface area contributed by atoms with Gasteiger partial charge in [0.05, 0.1) is 0 Å². The van der Waals surface area contributed by atoms with Crippen LogP contribution in [0.3, 0.4) is 0 Å². The monoisotopic (exact) mass is 337 g/mol. The molecule has 1 fully saturated rings. The normalized spacial score (nSPS) is 15.6. The Kier molecular flexibility index (Phi) is 7.45. The smallest absolute Gasteiger partial charge is 0.321 e. The van der Waals surface area contributed by atoms with Crippen LogP contribution in [-0.4, -0.2) is 54.4 Å². The Morgan fingerprint density at radius 1 is 1.15 bits per heavy atom. The van der Waals surface area contributed by atoms with Crippen LogP contribution in [0.15, 0.2) is 24.3 Å². The molecular formula is C13H18Cl3N3O. The second kappa shape index (κ2) is 8.57. The fourth-order valence-electron chi connectivity index (χ4n) is 2.03. The molecule has 7 heteroatoms. The van der Waals surface area contributed by atoms with Crippen molar-refractivity contribution in [1.29, 1.82) is 0 Å². The lowest BCUT2D eigenvalue weighted by Crippen LogP contribution is -2.50. The molecule has 0 aliphatic carbocycles. The van der Waals surface area contributed by atoms with E-state index >= 15 is 0 Å². The number of nitrogens with zero attached hydrogens (tertiary/aromatic N) is 2. The molecule has 20 heavy (non-hydrogen) atoms. The zero-order valence-electron chi connectivity index (χ0n) is 11.0. The van der Waals surface area contributed by atoms with E-state index in [1.165, 1.54) is 0 Å². The van der Waals surface area contributed by atoms with Gasteiger partial charge in [0.2, 0.25) is 0 Å². The van der Waals surface area contributed by atoms with Gasteiger partial charge in [-0.2, -0.15) is 0 Å². The minimum absolute atomic E-state index is 0. The van der Waals surface area contributed by atoms with Crippen molar-refractivity contribution in [2.45, 2.75) is 0 Å². The van der Waals surface area contributed by atoms with E-state index in [2.05, 4.69) is 10.2 Å².